The van der Waals surface area contributed by atoms with Crippen molar-refractivity contribution in [3.05, 3.63) is 307 Å². The van der Waals surface area contributed by atoms with Gasteiger partial charge >= 0.3 is 0 Å². The van der Waals surface area contributed by atoms with E-state index in [4.69, 9.17) is 4.99 Å². The number of rotatable bonds is 13. The van der Waals surface area contributed by atoms with E-state index >= 15 is 0 Å². The summed E-state index contributed by atoms with van der Waals surface area (Å²) in [6.45, 7) is 3.99. The highest BCUT2D eigenvalue weighted by molar-refractivity contribution is 6.17. The SMILES string of the molecule is CC/C=C/c1cc(-c2cc(-c3cc(-c4c(C#N)cc(C#N)cc4C#N)cc4c5cc(-c6c(C#N)cc(C#N)cc6C#N)ccc5n(C(C)N(C)/C(=N\C(=N)c5ccccc5)c5ccccc5)c34)ccc2C#N)ccc1-n1c2ccc(-c3c(C#N)cc(C#N)cc3C#N)cc2c2cc(-c3c(C#N)cc(C#N)cc3C#N)ccc21. The number of nitriles is 13. The maximum absolute atomic E-state index is 11.3. The Bertz CT molecular complexity index is 6860. The molecule has 1 N–H and O–H groups in total. The Morgan fingerprint density at radius 2 is 0.750 bits per heavy atom. The summed E-state index contributed by atoms with van der Waals surface area (Å²) in [7, 11) is 1.88. The van der Waals surface area contributed by atoms with E-state index in [0.717, 1.165) is 0 Å². The first kappa shape index (κ1) is 71.5. The summed E-state index contributed by atoms with van der Waals surface area (Å²) in [4.78, 5) is 7.02. The van der Waals surface area contributed by atoms with Gasteiger partial charge in [0, 0.05) is 73.1 Å². The molecule has 516 valence electrons. The number of allylic oxidation sites excluding steroid dienone is 1. The van der Waals surface area contributed by atoms with E-state index < -0.39 is 6.17 Å². The van der Waals surface area contributed by atoms with Crippen molar-refractivity contribution in [1.29, 1.82) is 73.8 Å². The van der Waals surface area contributed by atoms with Gasteiger partial charge in [0.15, 0.2) is 5.84 Å². The maximum Gasteiger partial charge on any atom is 0.154 e. The lowest BCUT2D eigenvalue weighted by Gasteiger charge is -2.31. The number of amidine groups is 2. The van der Waals surface area contributed by atoms with Crippen LogP contribution in [0.15, 0.2) is 223 Å². The average molecular weight is 1430 g/mol. The molecule has 14 aromatic rings. The summed E-state index contributed by atoms with van der Waals surface area (Å²) in [5.74, 6) is 0.426. The monoisotopic (exact) mass is 1430 g/mol. The van der Waals surface area contributed by atoms with E-state index in [9.17, 15) is 73.8 Å². The Kier molecular flexibility index (Phi) is 19.1. The third-order valence-electron chi connectivity index (χ3n) is 20.0. The predicted molar refractivity (Wildman–Crippen MR) is 426 cm³/mol. The van der Waals surface area contributed by atoms with Gasteiger partial charge in [0.05, 0.1) is 179 Å². The standard InChI is InChI=1S/C94H50N18/c1-4-5-12-64-35-62(19-23-84(64)112-86-25-21-65(88-70(47-100)27-56(42-95)28-71(88)48-101)37-80(86)81-38-66(22-26-87(81)112)89-72(49-102)29-57(43-96)30-73(89)50-103)78-36-63(17-18-68(78)46-99)79-40-69(91-76(53-106)33-59(45-98)34-77(91)54-107)41-83-82-39-67(90-74(51-104)31-58(44-97)32-75(90)52-105)20-24-85(82)111(92(79)83)55(2)110(3)94(61-15-10-7-11-16-61)109-93(108)60-13-8-6-9-14-60/h5-41,55,108H,4H2,1-3H3/b12-5+,108-93?,109-94-. The summed E-state index contributed by atoms with van der Waals surface area (Å²) >= 11 is 0. The molecular weight excluding hydrogens is 1380 g/mol. The maximum atomic E-state index is 11.3. The number of nitrogens with one attached hydrogen (secondary N) is 1. The lowest BCUT2D eigenvalue weighted by molar-refractivity contribution is 0.316. The Morgan fingerprint density at radius 1 is 0.384 bits per heavy atom. The van der Waals surface area contributed by atoms with Gasteiger partial charge in [0.25, 0.3) is 0 Å². The molecule has 0 fully saturated rings. The molecular formula is C94H50N18. The van der Waals surface area contributed by atoms with Gasteiger partial charge in [-0.3, -0.25) is 5.41 Å². The molecule has 112 heavy (non-hydrogen) atoms. The van der Waals surface area contributed by atoms with Crippen molar-refractivity contribution in [3.8, 4) is 151 Å². The molecule has 0 bridgehead atoms. The highest BCUT2D eigenvalue weighted by Crippen LogP contribution is 2.48. The number of benzene rings is 12. The Balaban J connectivity index is 1.05. The van der Waals surface area contributed by atoms with Crippen molar-refractivity contribution in [1.82, 2.24) is 14.0 Å². The summed E-state index contributed by atoms with van der Waals surface area (Å²) < 4.78 is 4.18. The molecule has 1 unspecified atom stereocenters. The fraction of sp³-hybridized carbons (Fsp3) is 0.0532. The number of aromatic nitrogens is 2. The van der Waals surface area contributed by atoms with Crippen LogP contribution < -0.4 is 0 Å². The zero-order valence-corrected chi connectivity index (χ0v) is 59.7. The number of nitrogens with zero attached hydrogens (tertiary/aromatic N) is 17. The highest BCUT2D eigenvalue weighted by Gasteiger charge is 2.30. The molecule has 18 nitrogen and oxygen atoms in total. The minimum absolute atomic E-state index is 0.00619. The zero-order chi connectivity index (χ0) is 78.6. The first-order valence-electron chi connectivity index (χ1n) is 34.8. The van der Waals surface area contributed by atoms with Crippen molar-refractivity contribution >= 4 is 61.4 Å². The van der Waals surface area contributed by atoms with E-state index in [2.05, 4.69) is 75.9 Å². The molecule has 0 radical (unpaired) electrons. The Labute approximate surface area is 642 Å². The lowest BCUT2D eigenvalue weighted by Crippen LogP contribution is -2.34. The Hall–Kier alpha value is -17.5. The number of hydrogen-bond acceptors (Lipinski definition) is 14. The quantitative estimate of drug-likeness (QED) is 0.0828. The Morgan fingerprint density at radius 3 is 1.17 bits per heavy atom. The molecule has 1 atom stereocenters. The second-order valence-electron chi connectivity index (χ2n) is 26.2. The average Bonchev–Trinajstić information content (AvgIpc) is 1.56. The summed E-state index contributed by atoms with van der Waals surface area (Å²) in [6.07, 6.45) is 3.89. The molecule has 2 aromatic heterocycles. The minimum atomic E-state index is -0.712. The van der Waals surface area contributed by atoms with E-state index in [0.29, 0.717) is 134 Å². The third-order valence-corrected chi connectivity index (χ3v) is 20.0. The highest BCUT2D eigenvalue weighted by atomic mass is 15.3. The molecule has 0 aliphatic rings. The van der Waals surface area contributed by atoms with Gasteiger partial charge in [-0.2, -0.15) is 68.4 Å². The van der Waals surface area contributed by atoms with Crippen LogP contribution in [0.4, 0.5) is 0 Å². The second-order valence-corrected chi connectivity index (χ2v) is 26.2. The van der Waals surface area contributed by atoms with Crippen LogP contribution in [0.1, 0.15) is 115 Å². The lowest BCUT2D eigenvalue weighted by atomic mass is 9.88. The van der Waals surface area contributed by atoms with Crippen molar-refractivity contribution in [2.24, 2.45) is 4.99 Å². The van der Waals surface area contributed by atoms with E-state index in [1.165, 1.54) is 48.5 Å². The first-order valence-corrected chi connectivity index (χ1v) is 34.8. The van der Waals surface area contributed by atoms with Gasteiger partial charge in [0.2, 0.25) is 0 Å². The van der Waals surface area contributed by atoms with Crippen molar-refractivity contribution in [2.75, 3.05) is 7.05 Å². The van der Waals surface area contributed by atoms with Crippen LogP contribution in [0.2, 0.25) is 0 Å². The molecule has 0 saturated carbocycles. The number of fused-ring (bicyclic) bond motifs is 6. The van der Waals surface area contributed by atoms with E-state index in [-0.39, 0.29) is 89.3 Å². The first-order chi connectivity index (χ1) is 54.6. The molecule has 14 rings (SSSR count). The predicted octanol–water partition coefficient (Wildman–Crippen LogP) is 19.6. The van der Waals surface area contributed by atoms with Crippen LogP contribution >= 0.6 is 0 Å². The smallest absolute Gasteiger partial charge is 0.154 e. The number of hydrogen-bond donors (Lipinski definition) is 1. The molecule has 2 heterocycles. The molecule has 12 aromatic carbocycles. The minimum Gasteiger partial charge on any atom is -0.339 e. The van der Waals surface area contributed by atoms with Crippen molar-refractivity contribution in [2.45, 2.75) is 26.4 Å². The van der Waals surface area contributed by atoms with Crippen LogP contribution in [0.3, 0.4) is 0 Å². The van der Waals surface area contributed by atoms with Crippen LogP contribution in [-0.4, -0.2) is 32.8 Å². The van der Waals surface area contributed by atoms with Crippen molar-refractivity contribution < 1.29 is 0 Å². The molecule has 0 aliphatic heterocycles. The van der Waals surface area contributed by atoms with Crippen LogP contribution in [0.25, 0.3) is 122 Å². The zero-order valence-electron chi connectivity index (χ0n) is 59.7. The molecule has 0 saturated heterocycles. The topological polar surface area (TPSA) is 359 Å². The van der Waals surface area contributed by atoms with E-state index in [1.54, 1.807) is 24.3 Å². The summed E-state index contributed by atoms with van der Waals surface area (Å²) in [5.41, 5.74) is 11.8. The third kappa shape index (κ3) is 12.4. The molecule has 0 spiro atoms. The van der Waals surface area contributed by atoms with Crippen LogP contribution in [0, 0.1) is 153 Å². The summed E-state index contributed by atoms with van der Waals surface area (Å²) in [5, 5.41) is 149. The van der Waals surface area contributed by atoms with Crippen LogP contribution in [-0.2, 0) is 0 Å². The molecule has 0 amide bonds. The van der Waals surface area contributed by atoms with Gasteiger partial charge < -0.3 is 14.0 Å². The van der Waals surface area contributed by atoms with Gasteiger partial charge in [-0.25, -0.2) is 4.99 Å². The van der Waals surface area contributed by atoms with Gasteiger partial charge in [-0.1, -0.05) is 110 Å². The van der Waals surface area contributed by atoms with E-state index in [1.807, 2.05) is 190 Å². The fourth-order valence-corrected chi connectivity index (χ4v) is 14.9. The normalized spacial score (nSPS) is 11.1. The van der Waals surface area contributed by atoms with Gasteiger partial charge in [-0.05, 0) is 174 Å². The molecule has 0 aliphatic carbocycles. The molecule has 18 heteroatoms. The summed E-state index contributed by atoms with van der Waals surface area (Å²) in [6, 6.07) is 90.1. The van der Waals surface area contributed by atoms with Crippen LogP contribution in [0.5, 0.6) is 0 Å². The largest absolute Gasteiger partial charge is 0.339 e. The second kappa shape index (κ2) is 29.9. The van der Waals surface area contributed by atoms with Crippen molar-refractivity contribution in [3.63, 3.8) is 0 Å². The van der Waals surface area contributed by atoms with Gasteiger partial charge in [-0.15, -0.1) is 0 Å². The fourth-order valence-electron chi connectivity index (χ4n) is 14.9. The number of aliphatic imine (C=N–C) groups is 1. The van der Waals surface area contributed by atoms with Gasteiger partial charge in [0.1, 0.15) is 12.0 Å².